The average Bonchev–Trinajstić information content (AvgIpc) is 2.14. The highest BCUT2D eigenvalue weighted by atomic mass is 16.3. The molecule has 0 aromatic heterocycles. The second-order valence-electron chi connectivity index (χ2n) is 4.86. The standard InChI is InChI=1S/C13H18O4/c1-8(14)9-4-5-11(15)10(6-9)12(16)7-13(2,3)17/h4-6,8,14-15,17H,7H2,1-3H3/t8-/m0/s1. The highest BCUT2D eigenvalue weighted by Crippen LogP contribution is 2.25. The lowest BCUT2D eigenvalue weighted by molar-refractivity contribution is 0.0586. The summed E-state index contributed by atoms with van der Waals surface area (Å²) in [5.74, 6) is -0.485. The van der Waals surface area contributed by atoms with E-state index in [0.717, 1.165) is 0 Å². The van der Waals surface area contributed by atoms with Crippen LogP contribution in [0.1, 0.15) is 49.2 Å². The number of rotatable bonds is 4. The smallest absolute Gasteiger partial charge is 0.169 e. The Balaban J connectivity index is 3.04. The van der Waals surface area contributed by atoms with Crippen LogP contribution >= 0.6 is 0 Å². The van der Waals surface area contributed by atoms with Gasteiger partial charge in [0.25, 0.3) is 0 Å². The molecule has 1 rings (SSSR count). The second-order valence-corrected chi connectivity index (χ2v) is 4.86. The van der Waals surface area contributed by atoms with Gasteiger partial charge in [-0.25, -0.2) is 0 Å². The van der Waals surface area contributed by atoms with Gasteiger partial charge in [-0.05, 0) is 38.5 Å². The van der Waals surface area contributed by atoms with Crippen molar-refractivity contribution in [2.45, 2.75) is 38.9 Å². The van der Waals surface area contributed by atoms with Gasteiger partial charge in [-0.2, -0.15) is 0 Å². The van der Waals surface area contributed by atoms with Gasteiger partial charge in [-0.1, -0.05) is 6.07 Å². The average molecular weight is 238 g/mol. The van der Waals surface area contributed by atoms with Crippen LogP contribution in [0.15, 0.2) is 18.2 Å². The fourth-order valence-corrected chi connectivity index (χ4v) is 1.52. The predicted molar refractivity (Wildman–Crippen MR) is 64.0 cm³/mol. The van der Waals surface area contributed by atoms with E-state index in [4.69, 9.17) is 0 Å². The van der Waals surface area contributed by atoms with Crippen LogP contribution in [0.5, 0.6) is 5.75 Å². The molecule has 0 amide bonds. The Hall–Kier alpha value is -1.39. The largest absolute Gasteiger partial charge is 0.507 e. The molecule has 4 heteroatoms. The summed E-state index contributed by atoms with van der Waals surface area (Å²) in [6, 6.07) is 4.38. The van der Waals surface area contributed by atoms with Crippen molar-refractivity contribution in [1.29, 1.82) is 0 Å². The summed E-state index contributed by atoms with van der Waals surface area (Å²) in [7, 11) is 0. The summed E-state index contributed by atoms with van der Waals surface area (Å²) in [5.41, 5.74) is -0.433. The van der Waals surface area contributed by atoms with Crippen molar-refractivity contribution in [3.63, 3.8) is 0 Å². The Morgan fingerprint density at radius 2 is 2.00 bits per heavy atom. The van der Waals surface area contributed by atoms with Crippen molar-refractivity contribution in [3.8, 4) is 5.75 Å². The Kier molecular flexibility index (Phi) is 3.91. The fraction of sp³-hybridized carbons (Fsp3) is 0.462. The summed E-state index contributed by atoms with van der Waals surface area (Å²) in [6.45, 7) is 4.64. The van der Waals surface area contributed by atoms with E-state index in [2.05, 4.69) is 0 Å². The normalized spacial score (nSPS) is 13.5. The molecule has 0 spiro atoms. The highest BCUT2D eigenvalue weighted by Gasteiger charge is 2.21. The van der Waals surface area contributed by atoms with E-state index >= 15 is 0 Å². The van der Waals surface area contributed by atoms with Crippen LogP contribution in [0.25, 0.3) is 0 Å². The number of aromatic hydroxyl groups is 1. The topological polar surface area (TPSA) is 77.8 Å². The number of aliphatic hydroxyl groups is 2. The van der Waals surface area contributed by atoms with Crippen molar-refractivity contribution >= 4 is 5.78 Å². The molecule has 1 aromatic carbocycles. The minimum absolute atomic E-state index is 0.0795. The number of carbonyl (C=O) groups is 1. The van der Waals surface area contributed by atoms with E-state index in [1.165, 1.54) is 26.0 Å². The maximum absolute atomic E-state index is 11.9. The molecule has 1 atom stereocenters. The van der Waals surface area contributed by atoms with Crippen LogP contribution in [-0.4, -0.2) is 26.7 Å². The molecule has 0 aliphatic rings. The Morgan fingerprint density at radius 3 is 2.47 bits per heavy atom. The lowest BCUT2D eigenvalue weighted by Gasteiger charge is -2.16. The van der Waals surface area contributed by atoms with Crippen molar-refractivity contribution in [1.82, 2.24) is 0 Å². The number of hydrogen-bond donors (Lipinski definition) is 3. The van der Waals surface area contributed by atoms with Crippen LogP contribution in [-0.2, 0) is 0 Å². The molecule has 0 radical (unpaired) electrons. The Bertz CT molecular complexity index is 416. The molecule has 94 valence electrons. The van der Waals surface area contributed by atoms with Crippen LogP contribution in [0.3, 0.4) is 0 Å². The molecule has 0 aliphatic heterocycles. The molecule has 0 unspecified atom stereocenters. The number of carbonyl (C=O) groups excluding carboxylic acids is 1. The van der Waals surface area contributed by atoms with Crippen LogP contribution in [0, 0.1) is 0 Å². The first-order chi connectivity index (χ1) is 7.70. The van der Waals surface area contributed by atoms with E-state index in [0.29, 0.717) is 5.56 Å². The molecular weight excluding hydrogens is 220 g/mol. The van der Waals surface area contributed by atoms with E-state index in [1.807, 2.05) is 0 Å². The summed E-state index contributed by atoms with van der Waals surface area (Å²) in [5, 5.41) is 28.6. The van der Waals surface area contributed by atoms with Gasteiger partial charge in [0.15, 0.2) is 5.78 Å². The first-order valence-corrected chi connectivity index (χ1v) is 5.47. The SMILES string of the molecule is C[C@H](O)c1ccc(O)c(C(=O)CC(C)(C)O)c1. The van der Waals surface area contributed by atoms with E-state index in [-0.39, 0.29) is 23.5 Å². The van der Waals surface area contributed by atoms with Gasteiger partial charge in [0.05, 0.1) is 17.3 Å². The molecular formula is C13H18O4. The first kappa shape index (κ1) is 13.7. The fourth-order valence-electron chi connectivity index (χ4n) is 1.52. The highest BCUT2D eigenvalue weighted by molar-refractivity contribution is 5.99. The van der Waals surface area contributed by atoms with Gasteiger partial charge in [0.1, 0.15) is 5.75 Å². The van der Waals surface area contributed by atoms with Crippen molar-refractivity contribution in [2.75, 3.05) is 0 Å². The van der Waals surface area contributed by atoms with Gasteiger partial charge in [0.2, 0.25) is 0 Å². The third-order valence-corrected chi connectivity index (χ3v) is 2.40. The lowest BCUT2D eigenvalue weighted by atomic mass is 9.95. The minimum atomic E-state index is -1.12. The summed E-state index contributed by atoms with van der Waals surface area (Å²) < 4.78 is 0. The maximum atomic E-state index is 11.9. The van der Waals surface area contributed by atoms with Gasteiger partial charge < -0.3 is 15.3 Å². The zero-order valence-electron chi connectivity index (χ0n) is 10.3. The van der Waals surface area contributed by atoms with Gasteiger partial charge >= 0.3 is 0 Å². The molecule has 3 N–H and O–H groups in total. The number of ketones is 1. The maximum Gasteiger partial charge on any atom is 0.169 e. The number of benzene rings is 1. The lowest BCUT2D eigenvalue weighted by Crippen LogP contribution is -2.23. The zero-order valence-corrected chi connectivity index (χ0v) is 10.3. The molecule has 4 nitrogen and oxygen atoms in total. The van der Waals surface area contributed by atoms with Crippen LogP contribution < -0.4 is 0 Å². The quantitative estimate of drug-likeness (QED) is 0.699. The zero-order chi connectivity index (χ0) is 13.2. The summed E-state index contributed by atoms with van der Waals surface area (Å²) in [6.07, 6.45) is -0.784. The monoisotopic (exact) mass is 238 g/mol. The number of hydrogen-bond acceptors (Lipinski definition) is 4. The molecule has 1 aromatic rings. The molecule has 0 heterocycles. The Labute approximate surface area is 101 Å². The van der Waals surface area contributed by atoms with Crippen molar-refractivity contribution in [2.24, 2.45) is 0 Å². The van der Waals surface area contributed by atoms with Crippen LogP contribution in [0.2, 0.25) is 0 Å². The van der Waals surface area contributed by atoms with Crippen LogP contribution in [0.4, 0.5) is 0 Å². The number of Topliss-reactive ketones (excluding diaryl/α,β-unsaturated/α-hetero) is 1. The van der Waals surface area contributed by atoms with Gasteiger partial charge in [0, 0.05) is 6.42 Å². The predicted octanol–water partition coefficient (Wildman–Crippen LogP) is 1.79. The molecule has 0 fully saturated rings. The molecule has 0 saturated carbocycles. The van der Waals surface area contributed by atoms with E-state index in [1.54, 1.807) is 13.0 Å². The van der Waals surface area contributed by atoms with Gasteiger partial charge in [-0.15, -0.1) is 0 Å². The minimum Gasteiger partial charge on any atom is -0.507 e. The number of phenolic OH excluding ortho intramolecular Hbond substituents is 1. The molecule has 17 heavy (non-hydrogen) atoms. The molecule has 0 aliphatic carbocycles. The summed E-state index contributed by atoms with van der Waals surface area (Å²) >= 11 is 0. The summed E-state index contributed by atoms with van der Waals surface area (Å²) in [4.78, 5) is 11.9. The second kappa shape index (κ2) is 4.85. The van der Waals surface area contributed by atoms with E-state index < -0.39 is 11.7 Å². The van der Waals surface area contributed by atoms with Crippen molar-refractivity contribution < 1.29 is 20.1 Å². The first-order valence-electron chi connectivity index (χ1n) is 5.47. The number of phenols is 1. The Morgan fingerprint density at radius 1 is 1.41 bits per heavy atom. The molecule has 0 bridgehead atoms. The number of aliphatic hydroxyl groups excluding tert-OH is 1. The third kappa shape index (κ3) is 3.84. The van der Waals surface area contributed by atoms with E-state index in [9.17, 15) is 20.1 Å². The molecule has 0 saturated heterocycles. The van der Waals surface area contributed by atoms with Crippen molar-refractivity contribution in [3.05, 3.63) is 29.3 Å². The van der Waals surface area contributed by atoms with Gasteiger partial charge in [-0.3, -0.25) is 4.79 Å². The third-order valence-electron chi connectivity index (χ3n) is 2.40.